The van der Waals surface area contributed by atoms with Crippen molar-refractivity contribution < 1.29 is 0 Å². The number of anilines is 1. The Morgan fingerprint density at radius 3 is 2.42 bits per heavy atom. The number of nitrogens with zero attached hydrogens (tertiary/aromatic N) is 2. The van der Waals surface area contributed by atoms with Gasteiger partial charge in [-0.15, -0.1) is 0 Å². The summed E-state index contributed by atoms with van der Waals surface area (Å²) >= 11 is 4.23. The lowest BCUT2D eigenvalue weighted by molar-refractivity contribution is 1.52. The zero-order valence-electron chi connectivity index (χ0n) is 6.54. The van der Waals surface area contributed by atoms with Gasteiger partial charge >= 0.3 is 0 Å². The van der Waals surface area contributed by atoms with Crippen LogP contribution in [0.4, 0.5) is 5.69 Å². The zero-order chi connectivity index (χ0) is 8.97. The van der Waals surface area contributed by atoms with Gasteiger partial charge in [0.1, 0.15) is 5.84 Å². The van der Waals surface area contributed by atoms with E-state index in [1.54, 1.807) is 0 Å². The second kappa shape index (κ2) is 5.00. The summed E-state index contributed by atoms with van der Waals surface area (Å²) < 4.78 is 6.09. The summed E-state index contributed by atoms with van der Waals surface area (Å²) in [5.41, 5.74) is 1.15. The van der Waals surface area contributed by atoms with Crippen molar-refractivity contribution in [1.82, 2.24) is 0 Å². The molecule has 0 aliphatic heterocycles. The Labute approximate surface area is 100 Å². The van der Waals surface area contributed by atoms with Gasteiger partial charge in [-0.05, 0) is 19.1 Å². The minimum absolute atomic E-state index is 0.988. The average molecular weight is 386 g/mol. The third-order valence-corrected chi connectivity index (χ3v) is 3.34. The van der Waals surface area contributed by atoms with Gasteiger partial charge in [-0.1, -0.05) is 18.2 Å². The van der Waals surface area contributed by atoms with Gasteiger partial charge < -0.3 is 0 Å². The highest BCUT2D eigenvalue weighted by molar-refractivity contribution is 14.1. The standard InChI is InChI=1S/C8H8I2N2/c1-7(11-9)12(10)8-5-3-2-4-6-8/h2-6H,1H3/b11-7-. The quantitative estimate of drug-likeness (QED) is 0.312. The Morgan fingerprint density at radius 2 is 1.92 bits per heavy atom. The average Bonchev–Trinajstić information content (AvgIpc) is 2.17. The van der Waals surface area contributed by atoms with Gasteiger partial charge in [-0.2, -0.15) is 0 Å². The molecule has 0 atom stereocenters. The van der Waals surface area contributed by atoms with Crippen molar-refractivity contribution >= 4 is 57.3 Å². The van der Waals surface area contributed by atoms with E-state index in [1.807, 2.05) is 51.1 Å². The second-order valence-electron chi connectivity index (χ2n) is 2.25. The van der Waals surface area contributed by atoms with Crippen LogP contribution in [0.5, 0.6) is 0 Å². The number of rotatable bonds is 1. The molecule has 0 fully saturated rings. The Kier molecular flexibility index (Phi) is 4.27. The van der Waals surface area contributed by atoms with Crippen LogP contribution in [0, 0.1) is 0 Å². The molecule has 0 bridgehead atoms. The molecule has 0 aromatic heterocycles. The van der Waals surface area contributed by atoms with Crippen LogP contribution in [0.3, 0.4) is 0 Å². The molecule has 0 aliphatic rings. The summed E-state index contributed by atoms with van der Waals surface area (Å²) in [6.07, 6.45) is 0. The summed E-state index contributed by atoms with van der Waals surface area (Å²) in [6.45, 7) is 1.98. The lowest BCUT2D eigenvalue weighted by Gasteiger charge is -2.14. The minimum atomic E-state index is 0.988. The summed E-state index contributed by atoms with van der Waals surface area (Å²) in [7, 11) is 0. The van der Waals surface area contributed by atoms with Crippen LogP contribution >= 0.6 is 45.7 Å². The third-order valence-electron chi connectivity index (χ3n) is 1.39. The fraction of sp³-hybridized carbons (Fsp3) is 0.125. The van der Waals surface area contributed by atoms with Crippen molar-refractivity contribution in [2.75, 3.05) is 3.11 Å². The SMILES string of the molecule is C/C(=N/I)N(I)c1ccccc1. The van der Waals surface area contributed by atoms with E-state index < -0.39 is 0 Å². The highest BCUT2D eigenvalue weighted by Crippen LogP contribution is 2.18. The summed E-state index contributed by atoms with van der Waals surface area (Å²) in [6, 6.07) is 10.1. The van der Waals surface area contributed by atoms with Crippen LogP contribution in [-0.2, 0) is 0 Å². The molecule has 0 amide bonds. The van der Waals surface area contributed by atoms with Crippen molar-refractivity contribution in [1.29, 1.82) is 0 Å². The monoisotopic (exact) mass is 386 g/mol. The van der Waals surface area contributed by atoms with Gasteiger partial charge in [-0.3, -0.25) is 3.11 Å². The molecule has 0 radical (unpaired) electrons. The maximum absolute atomic E-state index is 4.07. The maximum Gasteiger partial charge on any atom is 0.121 e. The topological polar surface area (TPSA) is 15.6 Å². The Bertz CT molecular complexity index is 272. The molecule has 0 saturated carbocycles. The van der Waals surface area contributed by atoms with Gasteiger partial charge in [0.05, 0.1) is 51.4 Å². The number of amidine groups is 1. The molecule has 0 saturated heterocycles. The second-order valence-corrected chi connectivity index (χ2v) is 3.70. The van der Waals surface area contributed by atoms with Crippen LogP contribution < -0.4 is 3.11 Å². The van der Waals surface area contributed by atoms with E-state index in [4.69, 9.17) is 0 Å². The van der Waals surface area contributed by atoms with Crippen LogP contribution in [0.15, 0.2) is 33.5 Å². The van der Waals surface area contributed by atoms with Gasteiger partial charge in [-0.25, -0.2) is 3.21 Å². The minimum Gasteiger partial charge on any atom is -0.270 e. The van der Waals surface area contributed by atoms with E-state index in [-0.39, 0.29) is 0 Å². The molecular weight excluding hydrogens is 378 g/mol. The van der Waals surface area contributed by atoms with Gasteiger partial charge in [0.25, 0.3) is 0 Å². The lowest BCUT2D eigenvalue weighted by Crippen LogP contribution is -2.14. The highest BCUT2D eigenvalue weighted by atomic mass is 127. The molecule has 1 aromatic carbocycles. The van der Waals surface area contributed by atoms with Crippen molar-refractivity contribution in [3.63, 3.8) is 0 Å². The summed E-state index contributed by atoms with van der Waals surface area (Å²) in [4.78, 5) is 0. The van der Waals surface area contributed by atoms with Crippen LogP contribution in [0.2, 0.25) is 0 Å². The maximum atomic E-state index is 4.07. The van der Waals surface area contributed by atoms with Crippen molar-refractivity contribution in [2.45, 2.75) is 6.92 Å². The van der Waals surface area contributed by atoms with Crippen molar-refractivity contribution in [3.8, 4) is 0 Å². The Hall–Kier alpha value is 0.150. The molecule has 0 heterocycles. The largest absolute Gasteiger partial charge is 0.270 e. The van der Waals surface area contributed by atoms with E-state index in [0.29, 0.717) is 0 Å². The van der Waals surface area contributed by atoms with Crippen LogP contribution in [0.1, 0.15) is 6.92 Å². The Morgan fingerprint density at radius 1 is 1.33 bits per heavy atom. The first-order chi connectivity index (χ1) is 5.75. The molecule has 0 spiro atoms. The van der Waals surface area contributed by atoms with Crippen molar-refractivity contribution in [2.24, 2.45) is 3.21 Å². The van der Waals surface area contributed by atoms with Crippen LogP contribution in [0.25, 0.3) is 0 Å². The third kappa shape index (κ3) is 2.58. The number of benzene rings is 1. The number of halogens is 2. The van der Waals surface area contributed by atoms with E-state index in [9.17, 15) is 0 Å². The highest BCUT2D eigenvalue weighted by Gasteiger charge is 2.03. The molecule has 1 rings (SSSR count). The molecule has 0 N–H and O–H groups in total. The molecule has 64 valence electrons. The predicted molar refractivity (Wildman–Crippen MR) is 70.1 cm³/mol. The smallest absolute Gasteiger partial charge is 0.121 e. The summed E-state index contributed by atoms with van der Waals surface area (Å²) in [5.74, 6) is 0.988. The summed E-state index contributed by atoms with van der Waals surface area (Å²) in [5, 5.41) is 0. The molecule has 1 aromatic rings. The van der Waals surface area contributed by atoms with E-state index in [2.05, 4.69) is 38.2 Å². The van der Waals surface area contributed by atoms with E-state index in [1.165, 1.54) is 0 Å². The van der Waals surface area contributed by atoms with Crippen LogP contribution in [-0.4, -0.2) is 5.84 Å². The molecule has 0 aliphatic carbocycles. The Balaban J connectivity index is 2.86. The van der Waals surface area contributed by atoms with Gasteiger partial charge in [0.2, 0.25) is 0 Å². The van der Waals surface area contributed by atoms with Crippen molar-refractivity contribution in [3.05, 3.63) is 30.3 Å². The predicted octanol–water partition coefficient (Wildman–Crippen LogP) is 3.61. The molecule has 0 unspecified atom stereocenters. The molecule has 12 heavy (non-hydrogen) atoms. The molecule has 4 heteroatoms. The van der Waals surface area contributed by atoms with E-state index in [0.717, 1.165) is 11.5 Å². The zero-order valence-corrected chi connectivity index (χ0v) is 10.9. The molecule has 2 nitrogen and oxygen atoms in total. The van der Waals surface area contributed by atoms with Gasteiger partial charge in [0, 0.05) is 0 Å². The fourth-order valence-electron chi connectivity index (χ4n) is 0.779. The number of hydrogen-bond donors (Lipinski definition) is 0. The first kappa shape index (κ1) is 10.2. The fourth-order valence-corrected chi connectivity index (χ4v) is 1.84. The number of hydrogen-bond acceptors (Lipinski definition) is 1. The molecular formula is C8H8I2N2. The first-order valence-electron chi connectivity index (χ1n) is 3.42. The van der Waals surface area contributed by atoms with E-state index >= 15 is 0 Å². The number of para-hydroxylation sites is 1. The first-order valence-corrected chi connectivity index (χ1v) is 5.35. The lowest BCUT2D eigenvalue weighted by atomic mass is 10.3. The normalized spacial score (nSPS) is 11.4. The van der Waals surface area contributed by atoms with Gasteiger partial charge in [0.15, 0.2) is 0 Å².